The molecule has 0 heterocycles. The molecule has 0 amide bonds. The molecular weight excluding hydrogens is 222 g/mol. The third-order valence-electron chi connectivity index (χ3n) is 4.75. The quantitative estimate of drug-likeness (QED) is 0.725. The minimum atomic E-state index is 0.181. The first-order chi connectivity index (χ1) is 8.79. The summed E-state index contributed by atoms with van der Waals surface area (Å²) in [4.78, 5) is 0. The number of nitrogens with one attached hydrogen (secondary N) is 1. The van der Waals surface area contributed by atoms with Crippen LogP contribution in [0.3, 0.4) is 0 Å². The van der Waals surface area contributed by atoms with E-state index < -0.39 is 0 Å². The fraction of sp³-hybridized carbons (Fsp3) is 0.875. The van der Waals surface area contributed by atoms with Crippen LogP contribution in [0.2, 0.25) is 0 Å². The van der Waals surface area contributed by atoms with Gasteiger partial charge in [0.05, 0.1) is 5.60 Å². The molecule has 2 aliphatic carbocycles. The lowest BCUT2D eigenvalue weighted by molar-refractivity contribution is -0.0814. The topological polar surface area (TPSA) is 21.3 Å². The predicted octanol–water partition coefficient (Wildman–Crippen LogP) is 3.81. The van der Waals surface area contributed by atoms with Crippen LogP contribution in [0, 0.1) is 0 Å². The number of ether oxygens (including phenoxy) is 1. The van der Waals surface area contributed by atoms with Crippen LogP contribution >= 0.6 is 0 Å². The van der Waals surface area contributed by atoms with Crippen molar-refractivity contribution >= 4 is 0 Å². The van der Waals surface area contributed by atoms with Crippen LogP contribution in [0.4, 0.5) is 0 Å². The van der Waals surface area contributed by atoms with Crippen molar-refractivity contribution in [2.24, 2.45) is 0 Å². The van der Waals surface area contributed by atoms with E-state index >= 15 is 0 Å². The minimum Gasteiger partial charge on any atom is -0.378 e. The van der Waals surface area contributed by atoms with Gasteiger partial charge in [0.15, 0.2) is 0 Å². The highest BCUT2D eigenvalue weighted by Crippen LogP contribution is 2.40. The fourth-order valence-corrected chi connectivity index (χ4v) is 3.37. The highest BCUT2D eigenvalue weighted by Gasteiger charge is 2.39. The Morgan fingerprint density at radius 2 is 2.11 bits per heavy atom. The molecule has 2 rings (SSSR count). The van der Waals surface area contributed by atoms with E-state index in [0.29, 0.717) is 6.04 Å². The van der Waals surface area contributed by atoms with Crippen LogP contribution in [0.5, 0.6) is 0 Å². The van der Waals surface area contributed by atoms with Gasteiger partial charge in [-0.3, -0.25) is 0 Å². The van der Waals surface area contributed by atoms with Crippen molar-refractivity contribution in [2.45, 2.75) is 76.4 Å². The molecule has 2 heteroatoms. The highest BCUT2D eigenvalue weighted by atomic mass is 16.5. The van der Waals surface area contributed by atoms with Gasteiger partial charge in [0, 0.05) is 13.2 Å². The van der Waals surface area contributed by atoms with Gasteiger partial charge in [0.1, 0.15) is 0 Å². The van der Waals surface area contributed by atoms with Crippen LogP contribution in [-0.2, 0) is 4.74 Å². The lowest BCUT2D eigenvalue weighted by Gasteiger charge is -2.43. The van der Waals surface area contributed by atoms with Crippen molar-refractivity contribution in [3.63, 3.8) is 0 Å². The zero-order valence-electron chi connectivity index (χ0n) is 12.1. The van der Waals surface area contributed by atoms with E-state index in [0.717, 1.165) is 6.54 Å². The number of allylic oxidation sites excluding steroid dienone is 1. The SMILES string of the molecule is CCNC(CC1(OC)CCC1)C1=CCCCCC1. The van der Waals surface area contributed by atoms with Crippen LogP contribution in [0.1, 0.15) is 64.7 Å². The second-order valence-electron chi connectivity index (χ2n) is 5.93. The maximum absolute atomic E-state index is 5.81. The molecule has 2 aliphatic rings. The average Bonchev–Trinajstić information content (AvgIpc) is 2.61. The predicted molar refractivity (Wildman–Crippen MR) is 76.8 cm³/mol. The Morgan fingerprint density at radius 1 is 1.28 bits per heavy atom. The molecule has 0 bridgehead atoms. The van der Waals surface area contributed by atoms with Gasteiger partial charge >= 0.3 is 0 Å². The molecule has 0 spiro atoms. The number of hydrogen-bond acceptors (Lipinski definition) is 2. The van der Waals surface area contributed by atoms with Crippen molar-refractivity contribution in [3.05, 3.63) is 11.6 Å². The highest BCUT2D eigenvalue weighted by molar-refractivity contribution is 5.14. The van der Waals surface area contributed by atoms with Gasteiger partial charge in [-0.1, -0.05) is 25.0 Å². The maximum Gasteiger partial charge on any atom is 0.0696 e. The fourth-order valence-electron chi connectivity index (χ4n) is 3.37. The summed E-state index contributed by atoms with van der Waals surface area (Å²) in [6.45, 7) is 3.27. The molecular formula is C16H29NO. The first-order valence-corrected chi connectivity index (χ1v) is 7.77. The van der Waals surface area contributed by atoms with Crippen molar-refractivity contribution in [2.75, 3.05) is 13.7 Å². The summed E-state index contributed by atoms with van der Waals surface area (Å²) in [6.07, 6.45) is 14.2. The van der Waals surface area contributed by atoms with Crippen LogP contribution in [0.15, 0.2) is 11.6 Å². The minimum absolute atomic E-state index is 0.181. The number of likely N-dealkylation sites (N-methyl/N-ethyl adjacent to an activating group) is 1. The Balaban J connectivity index is 1.99. The zero-order valence-corrected chi connectivity index (χ0v) is 12.1. The molecule has 0 saturated heterocycles. The van der Waals surface area contributed by atoms with Gasteiger partial charge in [-0.25, -0.2) is 0 Å². The van der Waals surface area contributed by atoms with Crippen molar-refractivity contribution < 1.29 is 4.74 Å². The van der Waals surface area contributed by atoms with E-state index in [1.54, 1.807) is 5.57 Å². The molecule has 104 valence electrons. The standard InChI is InChI=1S/C16H29NO/c1-3-17-15(13-16(18-2)11-8-12-16)14-9-6-4-5-7-10-14/h9,15,17H,3-8,10-13H2,1-2H3. The molecule has 1 fully saturated rings. The molecule has 0 aliphatic heterocycles. The summed E-state index contributed by atoms with van der Waals surface area (Å²) in [5.41, 5.74) is 1.83. The number of rotatable bonds is 6. The van der Waals surface area contributed by atoms with E-state index in [1.165, 1.54) is 57.8 Å². The first kappa shape index (κ1) is 14.1. The summed E-state index contributed by atoms with van der Waals surface area (Å²) < 4.78 is 5.81. The number of methoxy groups -OCH3 is 1. The molecule has 1 saturated carbocycles. The summed E-state index contributed by atoms with van der Waals surface area (Å²) in [5, 5.41) is 3.69. The molecule has 0 aromatic carbocycles. The zero-order chi connectivity index (χ0) is 12.8. The molecule has 2 nitrogen and oxygen atoms in total. The number of hydrogen-bond donors (Lipinski definition) is 1. The lowest BCUT2D eigenvalue weighted by atomic mass is 9.74. The average molecular weight is 251 g/mol. The van der Waals surface area contributed by atoms with Gasteiger partial charge in [-0.15, -0.1) is 0 Å². The Labute approximate surface area is 112 Å². The van der Waals surface area contributed by atoms with Gasteiger partial charge in [-0.05, 0) is 57.9 Å². The molecule has 0 aromatic rings. The first-order valence-electron chi connectivity index (χ1n) is 7.77. The normalized spacial score (nSPS) is 24.9. The molecule has 0 radical (unpaired) electrons. The van der Waals surface area contributed by atoms with Gasteiger partial charge in [0.25, 0.3) is 0 Å². The summed E-state index contributed by atoms with van der Waals surface area (Å²) in [6, 6.07) is 0.549. The van der Waals surface area contributed by atoms with E-state index in [2.05, 4.69) is 18.3 Å². The van der Waals surface area contributed by atoms with Crippen molar-refractivity contribution in [1.29, 1.82) is 0 Å². The Hall–Kier alpha value is -0.340. The summed E-state index contributed by atoms with van der Waals surface area (Å²) >= 11 is 0. The molecule has 1 atom stereocenters. The van der Waals surface area contributed by atoms with Crippen LogP contribution in [0.25, 0.3) is 0 Å². The van der Waals surface area contributed by atoms with Crippen LogP contribution < -0.4 is 5.32 Å². The van der Waals surface area contributed by atoms with Gasteiger partial charge in [0.2, 0.25) is 0 Å². The molecule has 0 aromatic heterocycles. The van der Waals surface area contributed by atoms with Gasteiger partial charge in [-0.2, -0.15) is 0 Å². The Bertz CT molecular complexity index is 275. The molecule has 18 heavy (non-hydrogen) atoms. The largest absolute Gasteiger partial charge is 0.378 e. The van der Waals surface area contributed by atoms with E-state index in [4.69, 9.17) is 4.74 Å². The van der Waals surface area contributed by atoms with E-state index in [1.807, 2.05) is 7.11 Å². The van der Waals surface area contributed by atoms with Crippen molar-refractivity contribution in [3.8, 4) is 0 Å². The van der Waals surface area contributed by atoms with Crippen molar-refractivity contribution in [1.82, 2.24) is 5.32 Å². The molecule has 1 unspecified atom stereocenters. The second kappa shape index (κ2) is 6.72. The van der Waals surface area contributed by atoms with Gasteiger partial charge < -0.3 is 10.1 Å². The summed E-state index contributed by atoms with van der Waals surface area (Å²) in [5.74, 6) is 0. The Kier molecular flexibility index (Phi) is 5.25. The van der Waals surface area contributed by atoms with E-state index in [9.17, 15) is 0 Å². The smallest absolute Gasteiger partial charge is 0.0696 e. The Morgan fingerprint density at radius 3 is 2.72 bits per heavy atom. The monoisotopic (exact) mass is 251 g/mol. The maximum atomic E-state index is 5.81. The summed E-state index contributed by atoms with van der Waals surface area (Å²) in [7, 11) is 1.89. The second-order valence-corrected chi connectivity index (χ2v) is 5.93. The molecule has 1 N–H and O–H groups in total. The van der Waals surface area contributed by atoms with E-state index in [-0.39, 0.29) is 5.60 Å². The third kappa shape index (κ3) is 3.36. The lowest BCUT2D eigenvalue weighted by Crippen LogP contribution is -2.46. The third-order valence-corrected chi connectivity index (χ3v) is 4.75. The van der Waals surface area contributed by atoms with Crippen LogP contribution in [-0.4, -0.2) is 25.3 Å².